The molecule has 16 heavy (non-hydrogen) atoms. The lowest BCUT2D eigenvalue weighted by Crippen LogP contribution is -2.33. The third kappa shape index (κ3) is 5.07. The zero-order chi connectivity index (χ0) is 11.8. The molecule has 0 radical (unpaired) electrons. The second-order valence-corrected chi connectivity index (χ2v) is 5.05. The van der Waals surface area contributed by atoms with Gasteiger partial charge in [-0.2, -0.15) is 0 Å². The average Bonchev–Trinajstić information content (AvgIpc) is 2.76. The van der Waals surface area contributed by atoms with E-state index in [4.69, 9.17) is 10.5 Å². The first-order valence-corrected chi connectivity index (χ1v) is 6.62. The van der Waals surface area contributed by atoms with Crippen LogP contribution in [0.3, 0.4) is 0 Å². The average molecular weight is 242 g/mol. The minimum absolute atomic E-state index is 0.556. The Kier molecular flexibility index (Phi) is 6.64. The summed E-state index contributed by atoms with van der Waals surface area (Å²) in [7, 11) is 2.14. The van der Waals surface area contributed by atoms with Crippen LogP contribution in [0.4, 0.5) is 0 Å². The summed E-state index contributed by atoms with van der Waals surface area (Å²) >= 11 is 1.83. The van der Waals surface area contributed by atoms with Gasteiger partial charge in [0.05, 0.1) is 13.2 Å². The molecule has 0 aliphatic heterocycles. The normalized spacial score (nSPS) is 13.2. The number of nitrogens with two attached hydrogens (primary N) is 1. The van der Waals surface area contributed by atoms with E-state index in [1.807, 2.05) is 11.3 Å². The summed E-state index contributed by atoms with van der Waals surface area (Å²) in [5, 5.41) is 2.13. The summed E-state index contributed by atoms with van der Waals surface area (Å²) in [5.74, 6) is 0. The van der Waals surface area contributed by atoms with Crippen LogP contribution in [0.5, 0.6) is 0 Å². The molecule has 1 heterocycles. The predicted molar refractivity (Wildman–Crippen MR) is 70.0 cm³/mol. The number of thiophene rings is 1. The van der Waals surface area contributed by atoms with Crippen molar-refractivity contribution < 1.29 is 4.74 Å². The first-order chi connectivity index (χ1) is 7.74. The van der Waals surface area contributed by atoms with E-state index < -0.39 is 0 Å². The molecule has 3 nitrogen and oxygen atoms in total. The van der Waals surface area contributed by atoms with E-state index in [1.54, 1.807) is 0 Å². The van der Waals surface area contributed by atoms with E-state index >= 15 is 0 Å². The summed E-state index contributed by atoms with van der Waals surface area (Å²) < 4.78 is 5.37. The maximum absolute atomic E-state index is 5.37. The maximum atomic E-state index is 5.37. The fourth-order valence-electron chi connectivity index (χ4n) is 1.49. The number of hydrogen-bond donors (Lipinski definition) is 1. The summed E-state index contributed by atoms with van der Waals surface area (Å²) in [6.45, 7) is 5.25. The molecular weight excluding hydrogens is 220 g/mol. The van der Waals surface area contributed by atoms with Crippen molar-refractivity contribution in [2.24, 2.45) is 5.73 Å². The van der Waals surface area contributed by atoms with Crippen LogP contribution in [-0.4, -0.2) is 44.3 Å². The van der Waals surface area contributed by atoms with Gasteiger partial charge in [-0.1, -0.05) is 6.07 Å². The lowest BCUT2D eigenvalue weighted by atomic mass is 10.2. The molecule has 1 unspecified atom stereocenters. The van der Waals surface area contributed by atoms with Gasteiger partial charge in [-0.05, 0) is 31.8 Å². The molecule has 0 aromatic carbocycles. The van der Waals surface area contributed by atoms with Crippen molar-refractivity contribution in [3.05, 3.63) is 22.4 Å². The van der Waals surface area contributed by atoms with Crippen LogP contribution in [0, 0.1) is 0 Å². The van der Waals surface area contributed by atoms with Crippen molar-refractivity contribution >= 4 is 11.3 Å². The quantitative estimate of drug-likeness (QED) is 0.704. The summed E-state index contributed by atoms with van der Waals surface area (Å²) in [4.78, 5) is 3.78. The minimum atomic E-state index is 0.556. The molecule has 1 aromatic rings. The molecule has 0 aliphatic carbocycles. The lowest BCUT2D eigenvalue weighted by molar-refractivity contribution is 0.106. The number of hydrogen-bond acceptors (Lipinski definition) is 4. The van der Waals surface area contributed by atoms with Gasteiger partial charge in [-0.3, -0.25) is 0 Å². The van der Waals surface area contributed by atoms with Crippen molar-refractivity contribution in [1.29, 1.82) is 0 Å². The van der Waals surface area contributed by atoms with E-state index in [9.17, 15) is 0 Å². The highest BCUT2D eigenvalue weighted by atomic mass is 32.1. The maximum Gasteiger partial charge on any atom is 0.0594 e. The smallest absolute Gasteiger partial charge is 0.0594 e. The van der Waals surface area contributed by atoms with Crippen molar-refractivity contribution in [2.75, 3.05) is 33.4 Å². The molecule has 0 bridgehead atoms. The van der Waals surface area contributed by atoms with Gasteiger partial charge in [-0.25, -0.2) is 0 Å². The Balaban J connectivity index is 2.17. The van der Waals surface area contributed by atoms with Crippen molar-refractivity contribution in [3.63, 3.8) is 0 Å². The van der Waals surface area contributed by atoms with Crippen molar-refractivity contribution in [3.8, 4) is 0 Å². The fourth-order valence-corrected chi connectivity index (χ4v) is 2.32. The highest BCUT2D eigenvalue weighted by Crippen LogP contribution is 2.13. The van der Waals surface area contributed by atoms with E-state index in [0.29, 0.717) is 19.2 Å². The highest BCUT2D eigenvalue weighted by molar-refractivity contribution is 7.09. The van der Waals surface area contributed by atoms with Crippen molar-refractivity contribution in [1.82, 2.24) is 4.90 Å². The molecule has 92 valence electrons. The first kappa shape index (κ1) is 13.6. The van der Waals surface area contributed by atoms with Gasteiger partial charge in [0.1, 0.15) is 0 Å². The molecule has 0 fully saturated rings. The third-order valence-electron chi connectivity index (χ3n) is 2.68. The Hall–Kier alpha value is -0.420. The zero-order valence-electron chi connectivity index (χ0n) is 10.2. The standard InChI is InChI=1S/C12H22N2OS/c1-11(10-12-4-3-9-16-12)14(2)6-8-15-7-5-13/h3-4,9,11H,5-8,10,13H2,1-2H3. The molecule has 0 spiro atoms. The van der Waals surface area contributed by atoms with Crippen LogP contribution in [-0.2, 0) is 11.2 Å². The van der Waals surface area contributed by atoms with E-state index in [1.165, 1.54) is 4.88 Å². The third-order valence-corrected chi connectivity index (χ3v) is 3.58. The highest BCUT2D eigenvalue weighted by Gasteiger charge is 2.09. The van der Waals surface area contributed by atoms with Crippen LogP contribution in [0.2, 0.25) is 0 Å². The largest absolute Gasteiger partial charge is 0.379 e. The first-order valence-electron chi connectivity index (χ1n) is 5.74. The van der Waals surface area contributed by atoms with Crippen LogP contribution >= 0.6 is 11.3 Å². The van der Waals surface area contributed by atoms with Gasteiger partial charge < -0.3 is 15.4 Å². The Morgan fingerprint density at radius 1 is 1.50 bits per heavy atom. The zero-order valence-corrected chi connectivity index (χ0v) is 11.0. The number of nitrogens with zero attached hydrogens (tertiary/aromatic N) is 1. The van der Waals surface area contributed by atoms with Crippen LogP contribution in [0.1, 0.15) is 11.8 Å². The van der Waals surface area contributed by atoms with Gasteiger partial charge in [-0.15, -0.1) is 11.3 Å². The van der Waals surface area contributed by atoms with Crippen molar-refractivity contribution in [2.45, 2.75) is 19.4 Å². The van der Waals surface area contributed by atoms with E-state index in [-0.39, 0.29) is 0 Å². The van der Waals surface area contributed by atoms with E-state index in [0.717, 1.165) is 19.6 Å². The fraction of sp³-hybridized carbons (Fsp3) is 0.667. The Labute approximate surface area is 102 Å². The van der Waals surface area contributed by atoms with Crippen LogP contribution in [0.15, 0.2) is 17.5 Å². The molecule has 1 rings (SSSR count). The number of ether oxygens (including phenoxy) is 1. The second-order valence-electron chi connectivity index (χ2n) is 4.01. The molecule has 0 saturated carbocycles. The van der Waals surface area contributed by atoms with Crippen LogP contribution < -0.4 is 5.73 Å². The summed E-state index contributed by atoms with van der Waals surface area (Å²) in [6.07, 6.45) is 1.12. The van der Waals surface area contributed by atoms with Gasteiger partial charge in [0.2, 0.25) is 0 Å². The summed E-state index contributed by atoms with van der Waals surface area (Å²) in [6, 6.07) is 4.86. The van der Waals surface area contributed by atoms with Crippen LogP contribution in [0.25, 0.3) is 0 Å². The SMILES string of the molecule is CC(Cc1cccs1)N(C)CCOCCN. The summed E-state index contributed by atoms with van der Waals surface area (Å²) in [5.41, 5.74) is 5.36. The second kappa shape index (κ2) is 7.79. The Morgan fingerprint density at radius 2 is 2.31 bits per heavy atom. The molecule has 1 aromatic heterocycles. The molecule has 4 heteroatoms. The van der Waals surface area contributed by atoms with E-state index in [2.05, 4.69) is 36.4 Å². The molecule has 0 aliphatic rings. The number of likely N-dealkylation sites (N-methyl/N-ethyl adjacent to an activating group) is 1. The van der Waals surface area contributed by atoms with Gasteiger partial charge in [0, 0.05) is 24.0 Å². The minimum Gasteiger partial charge on any atom is -0.379 e. The molecule has 0 amide bonds. The molecule has 0 saturated heterocycles. The van der Waals surface area contributed by atoms with Gasteiger partial charge in [0.25, 0.3) is 0 Å². The predicted octanol–water partition coefficient (Wildman–Crippen LogP) is 1.59. The monoisotopic (exact) mass is 242 g/mol. The molecule has 1 atom stereocenters. The van der Waals surface area contributed by atoms with Gasteiger partial charge in [0.15, 0.2) is 0 Å². The lowest BCUT2D eigenvalue weighted by Gasteiger charge is -2.24. The Bertz CT molecular complexity index is 264. The molecule has 2 N–H and O–H groups in total. The van der Waals surface area contributed by atoms with Gasteiger partial charge >= 0.3 is 0 Å². The Morgan fingerprint density at radius 3 is 2.94 bits per heavy atom. The molecular formula is C12H22N2OS. The topological polar surface area (TPSA) is 38.5 Å². The number of rotatable bonds is 8.